The van der Waals surface area contributed by atoms with E-state index in [0.29, 0.717) is 6.54 Å². The first kappa shape index (κ1) is 11.0. The third kappa shape index (κ3) is 2.48. The molecule has 0 fully saturated rings. The van der Waals surface area contributed by atoms with Crippen LogP contribution in [-0.2, 0) is 6.42 Å². The summed E-state index contributed by atoms with van der Waals surface area (Å²) in [5.41, 5.74) is 5.26. The molecule has 0 amide bonds. The van der Waals surface area contributed by atoms with Gasteiger partial charge in [-0.2, -0.15) is 0 Å². The molecule has 0 bridgehead atoms. The van der Waals surface area contributed by atoms with Crippen molar-refractivity contribution in [1.29, 1.82) is 0 Å². The zero-order valence-electron chi connectivity index (χ0n) is 8.35. The fraction of sp³-hybridized carbons (Fsp3) is 0.500. The summed E-state index contributed by atoms with van der Waals surface area (Å²) in [7, 11) is 0. The number of rotatable bonds is 3. The van der Waals surface area contributed by atoms with Crippen LogP contribution in [0.1, 0.15) is 19.4 Å². The lowest BCUT2D eigenvalue weighted by atomic mass is 9.86. The summed E-state index contributed by atoms with van der Waals surface area (Å²) in [6, 6.07) is 0. The molecule has 0 atom stereocenters. The maximum atomic E-state index is 13.2. The molecule has 0 saturated carbocycles. The summed E-state index contributed by atoms with van der Waals surface area (Å²) in [5, 5.41) is 0. The highest BCUT2D eigenvalue weighted by Crippen LogP contribution is 2.23. The summed E-state index contributed by atoms with van der Waals surface area (Å²) < 4.78 is 26.3. The van der Waals surface area contributed by atoms with Crippen molar-refractivity contribution in [3.63, 3.8) is 0 Å². The predicted octanol–water partition coefficient (Wildman–Crippen LogP) is 1.89. The van der Waals surface area contributed by atoms with E-state index in [4.69, 9.17) is 5.73 Å². The highest BCUT2D eigenvalue weighted by molar-refractivity contribution is 5.16. The number of halogens is 2. The number of hydrogen-bond donors (Lipinski definition) is 1. The van der Waals surface area contributed by atoms with E-state index in [9.17, 15) is 8.78 Å². The highest BCUT2D eigenvalue weighted by atomic mass is 19.1. The molecule has 0 radical (unpaired) electrons. The van der Waals surface area contributed by atoms with Crippen molar-refractivity contribution in [2.24, 2.45) is 11.1 Å². The standard InChI is InChI=1S/C10H14F2N2/c1-10(2,6-13)3-7-8(11)4-14-5-9(7)12/h4-5H,3,6,13H2,1-2H3. The number of hydrogen-bond acceptors (Lipinski definition) is 2. The van der Waals surface area contributed by atoms with Crippen molar-refractivity contribution in [3.05, 3.63) is 29.6 Å². The van der Waals surface area contributed by atoms with E-state index in [-0.39, 0.29) is 17.4 Å². The van der Waals surface area contributed by atoms with Gasteiger partial charge >= 0.3 is 0 Å². The van der Waals surface area contributed by atoms with Crippen LogP contribution in [0.2, 0.25) is 0 Å². The van der Waals surface area contributed by atoms with E-state index in [1.807, 2.05) is 13.8 Å². The van der Waals surface area contributed by atoms with E-state index in [0.717, 1.165) is 12.4 Å². The van der Waals surface area contributed by atoms with Crippen LogP contribution in [0, 0.1) is 17.0 Å². The summed E-state index contributed by atoms with van der Waals surface area (Å²) in [5.74, 6) is -1.21. The third-order valence-corrected chi connectivity index (χ3v) is 2.16. The molecule has 0 aromatic carbocycles. The van der Waals surface area contributed by atoms with Crippen molar-refractivity contribution < 1.29 is 8.78 Å². The van der Waals surface area contributed by atoms with E-state index >= 15 is 0 Å². The first-order chi connectivity index (χ1) is 6.46. The molecule has 1 heterocycles. The molecule has 0 saturated heterocycles. The van der Waals surface area contributed by atoms with Gasteiger partial charge in [0.25, 0.3) is 0 Å². The topological polar surface area (TPSA) is 38.9 Å². The van der Waals surface area contributed by atoms with Gasteiger partial charge in [0.2, 0.25) is 0 Å². The van der Waals surface area contributed by atoms with Crippen LogP contribution in [0.3, 0.4) is 0 Å². The largest absolute Gasteiger partial charge is 0.330 e. The average molecular weight is 200 g/mol. The van der Waals surface area contributed by atoms with Gasteiger partial charge in [0.1, 0.15) is 11.6 Å². The van der Waals surface area contributed by atoms with Gasteiger partial charge in [-0.3, -0.25) is 4.98 Å². The minimum absolute atomic E-state index is 0.0652. The molecule has 4 heteroatoms. The average Bonchev–Trinajstić information content (AvgIpc) is 2.12. The maximum absolute atomic E-state index is 13.2. The molecule has 1 aromatic heterocycles. The summed E-state index contributed by atoms with van der Waals surface area (Å²) >= 11 is 0. The molecule has 1 rings (SSSR count). The number of nitrogens with two attached hydrogens (primary N) is 1. The van der Waals surface area contributed by atoms with Crippen LogP contribution in [0.15, 0.2) is 12.4 Å². The molecule has 0 aliphatic heterocycles. The normalized spacial score (nSPS) is 11.8. The third-order valence-electron chi connectivity index (χ3n) is 2.16. The van der Waals surface area contributed by atoms with Gasteiger partial charge in [-0.15, -0.1) is 0 Å². The molecule has 0 spiro atoms. The van der Waals surface area contributed by atoms with Gasteiger partial charge in [-0.1, -0.05) is 13.8 Å². The van der Waals surface area contributed by atoms with Crippen LogP contribution in [0.25, 0.3) is 0 Å². The van der Waals surface area contributed by atoms with Crippen molar-refractivity contribution in [3.8, 4) is 0 Å². The number of nitrogens with zero attached hydrogens (tertiary/aromatic N) is 1. The Hall–Kier alpha value is -1.03. The molecule has 0 aliphatic rings. The summed E-state index contributed by atoms with van der Waals surface area (Å²) in [6.45, 7) is 4.12. The fourth-order valence-electron chi connectivity index (χ4n) is 1.16. The van der Waals surface area contributed by atoms with E-state index in [1.165, 1.54) is 0 Å². The van der Waals surface area contributed by atoms with Crippen LogP contribution < -0.4 is 5.73 Å². The number of aromatic nitrogens is 1. The molecule has 1 aromatic rings. The Morgan fingerprint density at radius 2 is 1.79 bits per heavy atom. The van der Waals surface area contributed by atoms with E-state index < -0.39 is 11.6 Å². The molecule has 0 aliphatic carbocycles. The first-order valence-corrected chi connectivity index (χ1v) is 4.44. The quantitative estimate of drug-likeness (QED) is 0.809. The van der Waals surface area contributed by atoms with Crippen LogP contribution in [0.5, 0.6) is 0 Å². The Balaban J connectivity index is 2.97. The minimum atomic E-state index is -0.605. The van der Waals surface area contributed by atoms with Crippen LogP contribution >= 0.6 is 0 Å². The molecule has 78 valence electrons. The van der Waals surface area contributed by atoms with Gasteiger partial charge < -0.3 is 5.73 Å². The molecule has 14 heavy (non-hydrogen) atoms. The van der Waals surface area contributed by atoms with Crippen molar-refractivity contribution in [1.82, 2.24) is 4.98 Å². The Bertz CT molecular complexity index is 304. The second-order valence-corrected chi connectivity index (χ2v) is 4.13. The van der Waals surface area contributed by atoms with E-state index in [1.54, 1.807) is 0 Å². The number of pyridine rings is 1. The second kappa shape index (κ2) is 4.00. The highest BCUT2D eigenvalue weighted by Gasteiger charge is 2.21. The molecular weight excluding hydrogens is 186 g/mol. The minimum Gasteiger partial charge on any atom is -0.330 e. The van der Waals surface area contributed by atoms with Gasteiger partial charge in [-0.25, -0.2) is 8.78 Å². The van der Waals surface area contributed by atoms with Gasteiger partial charge in [0.15, 0.2) is 0 Å². The second-order valence-electron chi connectivity index (χ2n) is 4.13. The Kier molecular flexibility index (Phi) is 3.16. The van der Waals surface area contributed by atoms with Crippen molar-refractivity contribution in [2.75, 3.05) is 6.54 Å². The van der Waals surface area contributed by atoms with E-state index in [2.05, 4.69) is 4.98 Å². The predicted molar refractivity (Wildman–Crippen MR) is 50.7 cm³/mol. The molecule has 0 unspecified atom stereocenters. The molecular formula is C10H14F2N2. The van der Waals surface area contributed by atoms with Crippen molar-refractivity contribution in [2.45, 2.75) is 20.3 Å². The molecule has 2 nitrogen and oxygen atoms in total. The SMILES string of the molecule is CC(C)(CN)Cc1c(F)cncc1F. The lowest BCUT2D eigenvalue weighted by Crippen LogP contribution is -2.26. The molecule has 2 N–H and O–H groups in total. The van der Waals surface area contributed by atoms with Crippen LogP contribution in [0.4, 0.5) is 8.78 Å². The van der Waals surface area contributed by atoms with Gasteiger partial charge in [0.05, 0.1) is 12.4 Å². The Morgan fingerprint density at radius 3 is 2.21 bits per heavy atom. The lowest BCUT2D eigenvalue weighted by molar-refractivity contribution is 0.361. The smallest absolute Gasteiger partial charge is 0.147 e. The summed E-state index contributed by atoms with van der Waals surface area (Å²) in [6.07, 6.45) is 2.32. The van der Waals surface area contributed by atoms with Gasteiger partial charge in [0, 0.05) is 5.56 Å². The monoisotopic (exact) mass is 200 g/mol. The zero-order chi connectivity index (χ0) is 10.8. The fourth-order valence-corrected chi connectivity index (χ4v) is 1.16. The van der Waals surface area contributed by atoms with Crippen LogP contribution in [-0.4, -0.2) is 11.5 Å². The lowest BCUT2D eigenvalue weighted by Gasteiger charge is -2.22. The Labute approximate surface area is 82.1 Å². The Morgan fingerprint density at radius 1 is 1.29 bits per heavy atom. The maximum Gasteiger partial charge on any atom is 0.147 e. The van der Waals surface area contributed by atoms with Crippen molar-refractivity contribution >= 4 is 0 Å². The zero-order valence-corrected chi connectivity index (χ0v) is 8.35. The first-order valence-electron chi connectivity index (χ1n) is 4.44. The van der Waals surface area contributed by atoms with Gasteiger partial charge in [-0.05, 0) is 18.4 Å². The summed E-state index contributed by atoms with van der Waals surface area (Å²) in [4.78, 5) is 3.42.